The molecule has 0 heterocycles. The summed E-state index contributed by atoms with van der Waals surface area (Å²) >= 11 is 3.13. The lowest BCUT2D eigenvalue weighted by molar-refractivity contribution is 0.617. The van der Waals surface area contributed by atoms with Crippen LogP contribution in [0.25, 0.3) is 0 Å². The molecule has 0 spiro atoms. The predicted molar refractivity (Wildman–Crippen MR) is 57.0 cm³/mol. The quantitative estimate of drug-likeness (QED) is 0.698. The topological polar surface area (TPSA) is 0 Å². The van der Waals surface area contributed by atoms with Crippen molar-refractivity contribution in [1.82, 2.24) is 0 Å². The van der Waals surface area contributed by atoms with Crippen molar-refractivity contribution in [2.45, 2.75) is 25.7 Å². The fraction of sp³-hybridized carbons (Fsp3) is 0.364. The van der Waals surface area contributed by atoms with E-state index < -0.39 is 0 Å². The maximum atomic E-state index is 13.0. The summed E-state index contributed by atoms with van der Waals surface area (Å²) in [7, 11) is 0. The average Bonchev–Trinajstić information content (AvgIpc) is 2.12. The van der Waals surface area contributed by atoms with Gasteiger partial charge in [-0.05, 0) is 46.5 Å². The minimum absolute atomic E-state index is 0.174. The second-order valence-corrected chi connectivity index (χ2v) is 3.91. The van der Waals surface area contributed by atoms with Crippen LogP contribution in [-0.2, 0) is 6.42 Å². The van der Waals surface area contributed by atoms with E-state index in [2.05, 4.69) is 22.9 Å². The molecule has 0 fully saturated rings. The second-order valence-electron chi connectivity index (χ2n) is 3.06. The van der Waals surface area contributed by atoms with E-state index in [0.717, 1.165) is 31.2 Å². The van der Waals surface area contributed by atoms with Crippen molar-refractivity contribution in [2.24, 2.45) is 0 Å². The van der Waals surface area contributed by atoms with Crippen LogP contribution in [0.4, 0.5) is 4.39 Å². The molecule has 0 saturated carbocycles. The smallest absolute Gasteiger partial charge is 0.137 e. The third-order valence-electron chi connectivity index (χ3n) is 1.95. The summed E-state index contributed by atoms with van der Waals surface area (Å²) in [5.74, 6) is -0.174. The summed E-state index contributed by atoms with van der Waals surface area (Å²) in [6.45, 7) is 3.77. The Hall–Kier alpha value is -0.370. The highest BCUT2D eigenvalue weighted by Gasteiger charge is 1.99. The lowest BCUT2D eigenvalue weighted by Crippen LogP contribution is -1.87. The molecular formula is C11H13BrF. The summed E-state index contributed by atoms with van der Waals surface area (Å²) in [5.41, 5.74) is 1.06. The van der Waals surface area contributed by atoms with Crippen LogP contribution in [0.2, 0.25) is 0 Å². The number of hydrogen-bond donors (Lipinski definition) is 0. The normalized spacial score (nSPS) is 10.4. The first-order valence-corrected chi connectivity index (χ1v) is 5.26. The molecule has 0 aliphatic rings. The molecule has 0 saturated heterocycles. The third-order valence-corrected chi connectivity index (χ3v) is 2.59. The van der Waals surface area contributed by atoms with Crippen LogP contribution in [0.15, 0.2) is 22.7 Å². The SMILES string of the molecule is [CH2]CCCCc1ccc(Br)c(F)c1. The second kappa shape index (κ2) is 5.38. The minimum Gasteiger partial charge on any atom is -0.206 e. The van der Waals surface area contributed by atoms with Gasteiger partial charge in [0.05, 0.1) is 4.47 Å². The van der Waals surface area contributed by atoms with Gasteiger partial charge in [-0.1, -0.05) is 25.8 Å². The van der Waals surface area contributed by atoms with Gasteiger partial charge in [-0.25, -0.2) is 4.39 Å². The molecule has 1 rings (SSSR count). The van der Waals surface area contributed by atoms with Crippen LogP contribution in [0.1, 0.15) is 24.8 Å². The third kappa shape index (κ3) is 3.47. The van der Waals surface area contributed by atoms with Crippen LogP contribution in [0.5, 0.6) is 0 Å². The van der Waals surface area contributed by atoms with Crippen molar-refractivity contribution in [3.63, 3.8) is 0 Å². The zero-order valence-electron chi connectivity index (χ0n) is 7.52. The first-order valence-electron chi connectivity index (χ1n) is 4.47. The number of aryl methyl sites for hydroxylation is 1. The Kier molecular flexibility index (Phi) is 4.43. The fourth-order valence-electron chi connectivity index (χ4n) is 1.20. The summed E-state index contributed by atoms with van der Waals surface area (Å²) in [6.07, 6.45) is 4.10. The number of hydrogen-bond acceptors (Lipinski definition) is 0. The molecule has 13 heavy (non-hydrogen) atoms. The summed E-state index contributed by atoms with van der Waals surface area (Å²) < 4.78 is 13.6. The fourth-order valence-corrected chi connectivity index (χ4v) is 1.45. The highest BCUT2D eigenvalue weighted by Crippen LogP contribution is 2.17. The van der Waals surface area contributed by atoms with Crippen LogP contribution >= 0.6 is 15.9 Å². The molecule has 1 aromatic rings. The number of halogens is 2. The van der Waals surface area contributed by atoms with E-state index in [4.69, 9.17) is 0 Å². The predicted octanol–water partition coefficient (Wildman–Crippen LogP) is 4.14. The van der Waals surface area contributed by atoms with Crippen molar-refractivity contribution in [2.75, 3.05) is 0 Å². The molecule has 1 radical (unpaired) electrons. The highest BCUT2D eigenvalue weighted by atomic mass is 79.9. The Bertz CT molecular complexity index is 271. The lowest BCUT2D eigenvalue weighted by Gasteiger charge is -2.01. The largest absolute Gasteiger partial charge is 0.206 e. The molecule has 0 bridgehead atoms. The molecule has 0 unspecified atom stereocenters. The molecule has 0 nitrogen and oxygen atoms in total. The van der Waals surface area contributed by atoms with Crippen LogP contribution in [-0.4, -0.2) is 0 Å². The van der Waals surface area contributed by atoms with E-state index >= 15 is 0 Å². The molecule has 0 aliphatic carbocycles. The average molecular weight is 244 g/mol. The zero-order valence-corrected chi connectivity index (χ0v) is 9.11. The Morgan fingerprint density at radius 2 is 2.08 bits per heavy atom. The maximum Gasteiger partial charge on any atom is 0.137 e. The van der Waals surface area contributed by atoms with E-state index in [-0.39, 0.29) is 5.82 Å². The molecule has 1 aromatic carbocycles. The van der Waals surface area contributed by atoms with Gasteiger partial charge in [-0.3, -0.25) is 0 Å². The van der Waals surface area contributed by atoms with E-state index in [1.54, 1.807) is 12.1 Å². The van der Waals surface area contributed by atoms with Crippen molar-refractivity contribution in [1.29, 1.82) is 0 Å². The molecule has 0 aromatic heterocycles. The van der Waals surface area contributed by atoms with Crippen molar-refractivity contribution >= 4 is 15.9 Å². The van der Waals surface area contributed by atoms with E-state index in [9.17, 15) is 4.39 Å². The first-order chi connectivity index (χ1) is 6.24. The lowest BCUT2D eigenvalue weighted by atomic mass is 10.1. The van der Waals surface area contributed by atoms with Gasteiger partial charge in [-0.15, -0.1) is 0 Å². The van der Waals surface area contributed by atoms with Gasteiger partial charge in [0.2, 0.25) is 0 Å². The van der Waals surface area contributed by atoms with E-state index in [0.29, 0.717) is 4.47 Å². The molecular weight excluding hydrogens is 231 g/mol. The van der Waals surface area contributed by atoms with Crippen molar-refractivity contribution in [3.05, 3.63) is 41.0 Å². The molecule has 0 atom stereocenters. The molecule has 2 heteroatoms. The van der Waals surface area contributed by atoms with Gasteiger partial charge in [0, 0.05) is 0 Å². The molecule has 0 aliphatic heterocycles. The molecule has 0 N–H and O–H groups in total. The van der Waals surface area contributed by atoms with Crippen molar-refractivity contribution < 1.29 is 4.39 Å². The van der Waals surface area contributed by atoms with E-state index in [1.165, 1.54) is 0 Å². The van der Waals surface area contributed by atoms with E-state index in [1.807, 2.05) is 6.07 Å². The Morgan fingerprint density at radius 1 is 1.31 bits per heavy atom. The Morgan fingerprint density at radius 3 is 2.69 bits per heavy atom. The van der Waals surface area contributed by atoms with Gasteiger partial charge in [-0.2, -0.15) is 0 Å². The van der Waals surface area contributed by atoms with Crippen LogP contribution < -0.4 is 0 Å². The van der Waals surface area contributed by atoms with Gasteiger partial charge in [0.25, 0.3) is 0 Å². The Labute approximate surface area is 87.3 Å². The number of unbranched alkanes of at least 4 members (excludes halogenated alkanes) is 2. The van der Waals surface area contributed by atoms with Gasteiger partial charge in [0.1, 0.15) is 5.82 Å². The molecule has 0 amide bonds. The molecule has 71 valence electrons. The summed E-state index contributed by atoms with van der Waals surface area (Å²) in [5, 5.41) is 0. The van der Waals surface area contributed by atoms with Gasteiger partial charge < -0.3 is 0 Å². The maximum absolute atomic E-state index is 13.0. The highest BCUT2D eigenvalue weighted by molar-refractivity contribution is 9.10. The van der Waals surface area contributed by atoms with Gasteiger partial charge in [0.15, 0.2) is 0 Å². The minimum atomic E-state index is -0.174. The monoisotopic (exact) mass is 243 g/mol. The first kappa shape index (κ1) is 10.7. The number of benzene rings is 1. The standard InChI is InChI=1S/C11H13BrF/c1-2-3-4-5-9-6-7-10(12)11(13)8-9/h6-8H,1-5H2. The zero-order chi connectivity index (χ0) is 9.68. The van der Waals surface area contributed by atoms with Crippen molar-refractivity contribution in [3.8, 4) is 0 Å². The number of rotatable bonds is 4. The van der Waals surface area contributed by atoms with Crippen LogP contribution in [0.3, 0.4) is 0 Å². The van der Waals surface area contributed by atoms with Crippen LogP contribution in [0, 0.1) is 12.7 Å². The van der Waals surface area contributed by atoms with Gasteiger partial charge >= 0.3 is 0 Å². The Balaban J connectivity index is 2.53. The summed E-state index contributed by atoms with van der Waals surface area (Å²) in [4.78, 5) is 0. The summed E-state index contributed by atoms with van der Waals surface area (Å²) in [6, 6.07) is 5.30.